The zero-order valence-electron chi connectivity index (χ0n) is 15.9. The molecule has 0 saturated carbocycles. The van der Waals surface area contributed by atoms with Crippen LogP contribution in [0.1, 0.15) is 36.2 Å². The van der Waals surface area contributed by atoms with Gasteiger partial charge in [0.05, 0.1) is 17.8 Å². The molecule has 0 aliphatic carbocycles. The van der Waals surface area contributed by atoms with E-state index in [1.165, 1.54) is 12.1 Å². The van der Waals surface area contributed by atoms with E-state index in [1.807, 2.05) is 18.7 Å². The molecule has 7 heteroatoms. The molecule has 3 rings (SSSR count). The second-order valence-corrected chi connectivity index (χ2v) is 7.36. The molecule has 1 aliphatic heterocycles. The summed E-state index contributed by atoms with van der Waals surface area (Å²) >= 11 is 0. The Kier molecular flexibility index (Phi) is 5.58. The molecule has 1 atom stereocenters. The summed E-state index contributed by atoms with van der Waals surface area (Å²) in [5.41, 5.74) is 1.40. The zero-order chi connectivity index (χ0) is 19.6. The fourth-order valence-electron chi connectivity index (χ4n) is 3.44. The number of benzene rings is 1. The number of rotatable bonds is 4. The lowest BCUT2D eigenvalue weighted by atomic mass is 10.0. The second kappa shape index (κ2) is 7.90. The van der Waals surface area contributed by atoms with Crippen LogP contribution in [-0.2, 0) is 18.4 Å². The minimum atomic E-state index is -0.297. The summed E-state index contributed by atoms with van der Waals surface area (Å²) < 4.78 is 14.8. The van der Waals surface area contributed by atoms with Gasteiger partial charge in [-0.2, -0.15) is 5.10 Å². The van der Waals surface area contributed by atoms with E-state index in [9.17, 15) is 14.0 Å². The van der Waals surface area contributed by atoms with Crippen LogP contribution in [-0.4, -0.2) is 50.5 Å². The van der Waals surface area contributed by atoms with Crippen LogP contribution >= 0.6 is 0 Å². The van der Waals surface area contributed by atoms with Crippen LogP contribution in [0.25, 0.3) is 0 Å². The molecule has 1 aromatic carbocycles. The lowest BCUT2D eigenvalue weighted by Crippen LogP contribution is -2.47. The molecule has 144 valence electrons. The number of nitrogens with zero attached hydrogens (tertiary/aromatic N) is 4. The van der Waals surface area contributed by atoms with Gasteiger partial charge in [0.2, 0.25) is 5.91 Å². The number of amides is 2. The molecular weight excluding hydrogens is 347 g/mol. The van der Waals surface area contributed by atoms with E-state index in [-0.39, 0.29) is 36.0 Å². The highest BCUT2D eigenvalue weighted by atomic mass is 19.1. The monoisotopic (exact) mass is 372 g/mol. The van der Waals surface area contributed by atoms with Gasteiger partial charge in [-0.1, -0.05) is 26.0 Å². The minimum Gasteiger partial charge on any atom is -0.336 e. The maximum absolute atomic E-state index is 13.2. The van der Waals surface area contributed by atoms with Crippen LogP contribution in [0.2, 0.25) is 0 Å². The summed E-state index contributed by atoms with van der Waals surface area (Å²) in [5.74, 6) is -0.212. The molecule has 1 aromatic heterocycles. The van der Waals surface area contributed by atoms with E-state index in [0.717, 1.165) is 5.56 Å². The van der Waals surface area contributed by atoms with Crippen LogP contribution in [0.15, 0.2) is 36.7 Å². The Morgan fingerprint density at radius 2 is 2.00 bits per heavy atom. The van der Waals surface area contributed by atoms with Gasteiger partial charge in [-0.3, -0.25) is 14.3 Å². The van der Waals surface area contributed by atoms with Gasteiger partial charge in [0.25, 0.3) is 5.91 Å². The summed E-state index contributed by atoms with van der Waals surface area (Å²) in [5, 5.41) is 4.06. The minimum absolute atomic E-state index is 0.0134. The van der Waals surface area contributed by atoms with E-state index in [2.05, 4.69) is 5.10 Å². The van der Waals surface area contributed by atoms with Crippen molar-refractivity contribution in [3.63, 3.8) is 0 Å². The highest BCUT2D eigenvalue weighted by Gasteiger charge is 2.33. The third-order valence-corrected chi connectivity index (χ3v) is 5.00. The Labute approximate surface area is 158 Å². The Hall–Kier alpha value is -2.70. The second-order valence-electron chi connectivity index (χ2n) is 7.36. The Morgan fingerprint density at radius 1 is 1.30 bits per heavy atom. The maximum atomic E-state index is 13.2. The summed E-state index contributed by atoms with van der Waals surface area (Å²) in [6, 6.07) is 6.10. The van der Waals surface area contributed by atoms with Gasteiger partial charge in [-0.05, 0) is 23.6 Å². The number of halogens is 1. The highest BCUT2D eigenvalue weighted by Crippen LogP contribution is 2.22. The molecule has 6 nitrogen and oxygen atoms in total. The quantitative estimate of drug-likeness (QED) is 0.828. The van der Waals surface area contributed by atoms with Crippen LogP contribution < -0.4 is 0 Å². The molecule has 0 N–H and O–H groups in total. The van der Waals surface area contributed by atoms with E-state index >= 15 is 0 Å². The zero-order valence-corrected chi connectivity index (χ0v) is 15.9. The van der Waals surface area contributed by atoms with Crippen molar-refractivity contribution in [2.45, 2.75) is 32.9 Å². The average molecular weight is 372 g/mol. The van der Waals surface area contributed by atoms with Gasteiger partial charge in [0, 0.05) is 39.3 Å². The fraction of sp³-hybridized carbons (Fsp3) is 0.450. The first-order valence-corrected chi connectivity index (χ1v) is 9.17. The molecule has 1 aliphatic rings. The van der Waals surface area contributed by atoms with Gasteiger partial charge < -0.3 is 9.80 Å². The first-order valence-electron chi connectivity index (χ1n) is 9.17. The molecule has 27 heavy (non-hydrogen) atoms. The van der Waals surface area contributed by atoms with Crippen molar-refractivity contribution in [1.29, 1.82) is 0 Å². The standard InChI is InChI=1S/C20H25FN4O2/c1-14(2)18-13-24(20(27)16-10-22-23(3)12-16)9-8-19(26)25(18)11-15-4-6-17(21)7-5-15/h4-7,10,12,14,18H,8-9,11,13H2,1-3H3. The van der Waals surface area contributed by atoms with E-state index in [0.29, 0.717) is 25.2 Å². The Balaban J connectivity index is 1.81. The molecule has 1 unspecified atom stereocenters. The summed E-state index contributed by atoms with van der Waals surface area (Å²) in [6.45, 7) is 5.37. The van der Waals surface area contributed by atoms with E-state index < -0.39 is 0 Å². The van der Waals surface area contributed by atoms with Gasteiger partial charge in [-0.25, -0.2) is 4.39 Å². The van der Waals surface area contributed by atoms with Crippen molar-refractivity contribution in [3.8, 4) is 0 Å². The van der Waals surface area contributed by atoms with Crippen molar-refractivity contribution in [2.24, 2.45) is 13.0 Å². The molecule has 2 amide bonds. The van der Waals surface area contributed by atoms with Gasteiger partial charge in [0.1, 0.15) is 5.82 Å². The van der Waals surface area contributed by atoms with Crippen molar-refractivity contribution in [2.75, 3.05) is 13.1 Å². The van der Waals surface area contributed by atoms with Crippen LogP contribution in [0, 0.1) is 11.7 Å². The fourth-order valence-corrected chi connectivity index (χ4v) is 3.44. The first kappa shape index (κ1) is 19.1. The number of carbonyl (C=O) groups excluding carboxylic acids is 2. The molecule has 0 bridgehead atoms. The van der Waals surface area contributed by atoms with Gasteiger partial charge >= 0.3 is 0 Å². The third-order valence-electron chi connectivity index (χ3n) is 5.00. The lowest BCUT2D eigenvalue weighted by molar-refractivity contribution is -0.134. The SMILES string of the molecule is CC(C)C1CN(C(=O)c2cnn(C)c2)CCC(=O)N1Cc1ccc(F)cc1. The molecule has 1 fully saturated rings. The van der Waals surface area contributed by atoms with Crippen LogP contribution in [0.4, 0.5) is 4.39 Å². The molecular formula is C20H25FN4O2. The topological polar surface area (TPSA) is 58.4 Å². The Morgan fingerprint density at radius 3 is 2.59 bits per heavy atom. The van der Waals surface area contributed by atoms with Crippen molar-refractivity contribution >= 4 is 11.8 Å². The van der Waals surface area contributed by atoms with Gasteiger partial charge in [-0.15, -0.1) is 0 Å². The van der Waals surface area contributed by atoms with Crippen LogP contribution in [0.5, 0.6) is 0 Å². The first-order chi connectivity index (χ1) is 12.8. The molecule has 2 heterocycles. The van der Waals surface area contributed by atoms with Crippen molar-refractivity contribution in [1.82, 2.24) is 19.6 Å². The number of aromatic nitrogens is 2. The smallest absolute Gasteiger partial charge is 0.257 e. The maximum Gasteiger partial charge on any atom is 0.257 e. The highest BCUT2D eigenvalue weighted by molar-refractivity contribution is 5.94. The summed E-state index contributed by atoms with van der Waals surface area (Å²) in [6.07, 6.45) is 3.52. The Bertz CT molecular complexity index is 816. The summed E-state index contributed by atoms with van der Waals surface area (Å²) in [7, 11) is 1.77. The van der Waals surface area contributed by atoms with Crippen molar-refractivity contribution in [3.05, 3.63) is 53.6 Å². The largest absolute Gasteiger partial charge is 0.336 e. The van der Waals surface area contributed by atoms with Crippen molar-refractivity contribution < 1.29 is 14.0 Å². The predicted octanol–water partition coefficient (Wildman–Crippen LogP) is 2.46. The lowest BCUT2D eigenvalue weighted by Gasteiger charge is -2.34. The number of aryl methyl sites for hydroxylation is 1. The summed E-state index contributed by atoms with van der Waals surface area (Å²) in [4.78, 5) is 29.2. The molecule has 0 spiro atoms. The molecule has 1 saturated heterocycles. The van der Waals surface area contributed by atoms with Gasteiger partial charge in [0.15, 0.2) is 0 Å². The predicted molar refractivity (Wildman–Crippen MR) is 99.3 cm³/mol. The van der Waals surface area contributed by atoms with Crippen LogP contribution in [0.3, 0.4) is 0 Å². The number of hydrogen-bond donors (Lipinski definition) is 0. The molecule has 0 radical (unpaired) electrons. The normalized spacial score (nSPS) is 18.1. The number of hydrogen-bond acceptors (Lipinski definition) is 3. The average Bonchev–Trinajstić information content (AvgIpc) is 3.00. The number of carbonyl (C=O) groups is 2. The van der Waals surface area contributed by atoms with E-state index in [4.69, 9.17) is 0 Å². The molecule has 2 aromatic rings. The van der Waals surface area contributed by atoms with E-state index in [1.54, 1.807) is 41.2 Å². The third kappa shape index (κ3) is 4.35.